The molecule has 2 aromatic carbocycles. The Hall–Kier alpha value is -2.48. The molecule has 0 radical (unpaired) electrons. The number of amides is 1. The average molecular weight is 501 g/mol. The van der Waals surface area contributed by atoms with E-state index in [1.54, 1.807) is 12.3 Å². The minimum Gasteiger partial charge on any atom is -0.366 e. The molecule has 8 heteroatoms. The van der Waals surface area contributed by atoms with Gasteiger partial charge in [-0.05, 0) is 61.3 Å². The molecule has 1 saturated heterocycles. The Kier molecular flexibility index (Phi) is 6.85. The standard InChI is InChI=1S/C23H23BrClN5O/c24-17-7-6-16(19(12-17)22(26)31)11-21-20(25)13-27-23(29-21)28-18-5-3-4-15(10-18)14-30-8-1-2-9-30/h3-7,10,12-13H,1-2,8-9,11,14H2,(H2,26,31)(H,27,28,29). The molecule has 0 aliphatic carbocycles. The number of hydrogen-bond acceptors (Lipinski definition) is 5. The number of likely N-dealkylation sites (tertiary alicyclic amines) is 1. The van der Waals surface area contributed by atoms with Crippen molar-refractivity contribution in [1.29, 1.82) is 0 Å². The van der Waals surface area contributed by atoms with Gasteiger partial charge < -0.3 is 11.1 Å². The van der Waals surface area contributed by atoms with E-state index in [1.165, 1.54) is 18.4 Å². The predicted molar refractivity (Wildman–Crippen MR) is 127 cm³/mol. The Balaban J connectivity index is 1.53. The molecule has 3 aromatic rings. The van der Waals surface area contributed by atoms with E-state index in [0.717, 1.165) is 35.4 Å². The second-order valence-electron chi connectivity index (χ2n) is 7.64. The molecule has 0 bridgehead atoms. The third-order valence-corrected chi connectivity index (χ3v) is 6.11. The molecule has 0 spiro atoms. The number of hydrogen-bond donors (Lipinski definition) is 2. The van der Waals surface area contributed by atoms with E-state index in [9.17, 15) is 4.79 Å². The first-order valence-electron chi connectivity index (χ1n) is 10.2. The summed E-state index contributed by atoms with van der Waals surface area (Å²) in [4.78, 5) is 23.2. The summed E-state index contributed by atoms with van der Waals surface area (Å²) in [5, 5.41) is 3.71. The lowest BCUT2D eigenvalue weighted by Gasteiger charge is -2.15. The van der Waals surface area contributed by atoms with Crippen LogP contribution in [0, 0.1) is 0 Å². The lowest BCUT2D eigenvalue weighted by molar-refractivity contribution is 0.0999. The van der Waals surface area contributed by atoms with Crippen LogP contribution in [0.2, 0.25) is 5.02 Å². The molecular formula is C23H23BrClN5O. The van der Waals surface area contributed by atoms with Crippen LogP contribution in [0.3, 0.4) is 0 Å². The van der Waals surface area contributed by atoms with Crippen molar-refractivity contribution < 1.29 is 4.79 Å². The van der Waals surface area contributed by atoms with Crippen molar-refractivity contribution >= 4 is 45.1 Å². The number of aromatic nitrogens is 2. The summed E-state index contributed by atoms with van der Waals surface area (Å²) < 4.78 is 0.787. The molecule has 6 nitrogen and oxygen atoms in total. The molecule has 1 aliphatic heterocycles. The first kappa shape index (κ1) is 21.7. The van der Waals surface area contributed by atoms with Crippen molar-refractivity contribution in [3.8, 4) is 0 Å². The van der Waals surface area contributed by atoms with Gasteiger partial charge in [0.15, 0.2) is 0 Å². The highest BCUT2D eigenvalue weighted by atomic mass is 79.9. The number of nitrogens with zero attached hydrogens (tertiary/aromatic N) is 3. The Morgan fingerprint density at radius 1 is 1.19 bits per heavy atom. The molecule has 31 heavy (non-hydrogen) atoms. The molecule has 1 fully saturated rings. The maximum Gasteiger partial charge on any atom is 0.249 e. The van der Waals surface area contributed by atoms with Crippen LogP contribution in [0.4, 0.5) is 11.6 Å². The van der Waals surface area contributed by atoms with Crippen molar-refractivity contribution in [2.75, 3.05) is 18.4 Å². The van der Waals surface area contributed by atoms with Gasteiger partial charge in [0.2, 0.25) is 11.9 Å². The van der Waals surface area contributed by atoms with Crippen LogP contribution in [-0.4, -0.2) is 33.9 Å². The molecule has 1 aromatic heterocycles. The summed E-state index contributed by atoms with van der Waals surface area (Å²) in [6, 6.07) is 13.7. The van der Waals surface area contributed by atoms with E-state index in [1.807, 2.05) is 24.3 Å². The van der Waals surface area contributed by atoms with Crippen LogP contribution in [0.1, 0.15) is 40.0 Å². The molecule has 4 rings (SSSR count). The van der Waals surface area contributed by atoms with Crippen molar-refractivity contribution in [3.05, 3.63) is 80.5 Å². The highest BCUT2D eigenvalue weighted by Gasteiger charge is 2.14. The first-order chi connectivity index (χ1) is 15.0. The molecule has 0 atom stereocenters. The normalized spacial score (nSPS) is 14.0. The smallest absolute Gasteiger partial charge is 0.249 e. The monoisotopic (exact) mass is 499 g/mol. The summed E-state index contributed by atoms with van der Waals surface area (Å²) in [5.41, 5.74) is 9.53. The molecule has 160 valence electrons. The highest BCUT2D eigenvalue weighted by Crippen LogP contribution is 2.24. The second kappa shape index (κ2) is 9.77. The fourth-order valence-electron chi connectivity index (χ4n) is 3.77. The molecular weight excluding hydrogens is 478 g/mol. The minimum atomic E-state index is -0.491. The van der Waals surface area contributed by atoms with E-state index in [4.69, 9.17) is 17.3 Å². The summed E-state index contributed by atoms with van der Waals surface area (Å²) >= 11 is 9.72. The maximum absolute atomic E-state index is 11.8. The molecule has 1 aliphatic rings. The van der Waals surface area contributed by atoms with Crippen molar-refractivity contribution in [2.24, 2.45) is 5.73 Å². The second-order valence-corrected chi connectivity index (χ2v) is 8.96. The number of nitrogens with two attached hydrogens (primary N) is 1. The fraction of sp³-hybridized carbons (Fsp3) is 0.261. The Morgan fingerprint density at radius 2 is 2.00 bits per heavy atom. The van der Waals surface area contributed by atoms with Crippen LogP contribution in [0.15, 0.2) is 53.1 Å². The van der Waals surface area contributed by atoms with Gasteiger partial charge in [-0.1, -0.05) is 45.7 Å². The van der Waals surface area contributed by atoms with Gasteiger partial charge in [0.25, 0.3) is 0 Å². The number of anilines is 2. The van der Waals surface area contributed by atoms with Crippen molar-refractivity contribution in [2.45, 2.75) is 25.8 Å². The van der Waals surface area contributed by atoms with Gasteiger partial charge in [-0.15, -0.1) is 0 Å². The van der Waals surface area contributed by atoms with Crippen LogP contribution in [-0.2, 0) is 13.0 Å². The number of carbonyl (C=O) groups is 1. The van der Waals surface area contributed by atoms with E-state index < -0.39 is 5.91 Å². The zero-order valence-electron chi connectivity index (χ0n) is 16.9. The third kappa shape index (κ3) is 5.61. The third-order valence-electron chi connectivity index (χ3n) is 5.30. The highest BCUT2D eigenvalue weighted by molar-refractivity contribution is 9.10. The number of halogens is 2. The lowest BCUT2D eigenvalue weighted by Crippen LogP contribution is -2.18. The molecule has 1 amide bonds. The summed E-state index contributed by atoms with van der Waals surface area (Å²) in [6.07, 6.45) is 4.49. The lowest BCUT2D eigenvalue weighted by atomic mass is 10.0. The van der Waals surface area contributed by atoms with Gasteiger partial charge >= 0.3 is 0 Å². The Bertz CT molecular complexity index is 1100. The van der Waals surface area contributed by atoms with Gasteiger partial charge in [0.1, 0.15) is 0 Å². The summed E-state index contributed by atoms with van der Waals surface area (Å²) in [6.45, 7) is 3.26. The zero-order valence-corrected chi connectivity index (χ0v) is 19.3. The average Bonchev–Trinajstić information content (AvgIpc) is 3.25. The molecule has 2 heterocycles. The predicted octanol–water partition coefficient (Wildman–Crippen LogP) is 4.92. The number of carbonyl (C=O) groups excluding carboxylic acids is 1. The van der Waals surface area contributed by atoms with Gasteiger partial charge in [-0.2, -0.15) is 0 Å². The number of benzene rings is 2. The number of primary amides is 1. The van der Waals surface area contributed by atoms with Crippen LogP contribution < -0.4 is 11.1 Å². The van der Waals surface area contributed by atoms with E-state index in [2.05, 4.69) is 48.2 Å². The minimum absolute atomic E-state index is 0.372. The maximum atomic E-state index is 11.8. The van der Waals surface area contributed by atoms with Crippen LogP contribution in [0.25, 0.3) is 0 Å². The van der Waals surface area contributed by atoms with Crippen LogP contribution in [0.5, 0.6) is 0 Å². The Morgan fingerprint density at radius 3 is 2.77 bits per heavy atom. The topological polar surface area (TPSA) is 84.1 Å². The largest absolute Gasteiger partial charge is 0.366 e. The Labute approximate surface area is 195 Å². The summed E-state index contributed by atoms with van der Waals surface area (Å²) in [5.74, 6) is -0.0369. The molecule has 0 unspecified atom stereocenters. The molecule has 0 saturated carbocycles. The number of nitrogens with one attached hydrogen (secondary N) is 1. The van der Waals surface area contributed by atoms with Crippen molar-refractivity contribution in [1.82, 2.24) is 14.9 Å². The quantitative estimate of drug-likeness (QED) is 0.481. The van der Waals surface area contributed by atoms with Gasteiger partial charge in [-0.25, -0.2) is 9.97 Å². The van der Waals surface area contributed by atoms with Gasteiger partial charge in [0.05, 0.1) is 16.9 Å². The SMILES string of the molecule is NC(=O)c1cc(Br)ccc1Cc1nc(Nc2cccc(CN3CCCC3)c2)ncc1Cl. The van der Waals surface area contributed by atoms with E-state index >= 15 is 0 Å². The number of rotatable bonds is 7. The van der Waals surface area contributed by atoms with E-state index in [-0.39, 0.29) is 0 Å². The van der Waals surface area contributed by atoms with E-state index in [0.29, 0.717) is 28.6 Å². The fourth-order valence-corrected chi connectivity index (χ4v) is 4.29. The zero-order chi connectivity index (χ0) is 21.8. The molecule has 3 N–H and O–H groups in total. The van der Waals surface area contributed by atoms with Gasteiger partial charge in [0, 0.05) is 28.7 Å². The van der Waals surface area contributed by atoms with Crippen LogP contribution >= 0.6 is 27.5 Å². The van der Waals surface area contributed by atoms with Gasteiger partial charge in [-0.3, -0.25) is 9.69 Å². The van der Waals surface area contributed by atoms with Crippen molar-refractivity contribution in [3.63, 3.8) is 0 Å². The first-order valence-corrected chi connectivity index (χ1v) is 11.3. The summed E-state index contributed by atoms with van der Waals surface area (Å²) in [7, 11) is 0.